The van der Waals surface area contributed by atoms with Crippen molar-refractivity contribution in [2.45, 2.75) is 309 Å². The molecule has 9 heteroatoms. The van der Waals surface area contributed by atoms with Crippen LogP contribution in [0.2, 0.25) is 0 Å². The Labute approximate surface area is 436 Å². The number of carbonyl (C=O) groups excluding carboxylic acids is 1. The van der Waals surface area contributed by atoms with E-state index in [2.05, 4.69) is 43.5 Å². The highest BCUT2D eigenvalue weighted by Gasteiger charge is 2.27. The number of likely N-dealkylation sites (N-methyl/N-ethyl adjacent to an activating group) is 1. The zero-order valence-corrected chi connectivity index (χ0v) is 48.2. The highest BCUT2D eigenvalue weighted by molar-refractivity contribution is 7.47. The third kappa shape index (κ3) is 54.5. The molecule has 0 aliphatic carbocycles. The lowest BCUT2D eigenvalue weighted by molar-refractivity contribution is -0.870. The highest BCUT2D eigenvalue weighted by Crippen LogP contribution is 2.43. The van der Waals surface area contributed by atoms with E-state index >= 15 is 0 Å². The summed E-state index contributed by atoms with van der Waals surface area (Å²) in [6.45, 7) is 4.76. The van der Waals surface area contributed by atoms with Crippen molar-refractivity contribution in [3.63, 3.8) is 0 Å². The van der Waals surface area contributed by atoms with E-state index in [-0.39, 0.29) is 19.1 Å². The molecule has 0 bridgehead atoms. The molecule has 0 spiro atoms. The molecule has 0 aliphatic heterocycles. The summed E-state index contributed by atoms with van der Waals surface area (Å²) >= 11 is 0. The summed E-state index contributed by atoms with van der Waals surface area (Å²) in [5.41, 5.74) is 0. The smallest absolute Gasteiger partial charge is 0.387 e. The van der Waals surface area contributed by atoms with Crippen LogP contribution in [-0.2, 0) is 18.4 Å². The number of hydrogen-bond donors (Lipinski definition) is 3. The first kappa shape index (κ1) is 68.7. The number of nitrogens with zero attached hydrogens (tertiary/aromatic N) is 1. The molecule has 0 aromatic heterocycles. The van der Waals surface area contributed by atoms with Crippen molar-refractivity contribution in [2.75, 3.05) is 40.9 Å². The zero-order chi connectivity index (χ0) is 51.3. The van der Waals surface area contributed by atoms with Gasteiger partial charge in [-0.25, -0.2) is 4.57 Å². The molecule has 0 aromatic carbocycles. The van der Waals surface area contributed by atoms with Crippen LogP contribution in [0.5, 0.6) is 0 Å². The fourth-order valence-corrected chi connectivity index (χ4v) is 9.80. The van der Waals surface area contributed by atoms with Gasteiger partial charge in [-0.15, -0.1) is 0 Å². The van der Waals surface area contributed by atoms with E-state index < -0.39 is 20.0 Å². The molecule has 0 aliphatic rings. The highest BCUT2D eigenvalue weighted by atomic mass is 31.2. The molecule has 8 nitrogen and oxygen atoms in total. The van der Waals surface area contributed by atoms with Crippen molar-refractivity contribution < 1.29 is 32.9 Å². The maximum absolute atomic E-state index is 12.9. The van der Waals surface area contributed by atoms with Gasteiger partial charge in [0.2, 0.25) is 5.91 Å². The number of hydrogen-bond acceptors (Lipinski definition) is 5. The number of quaternary nitrogens is 1. The molecule has 3 N–H and O–H groups in total. The van der Waals surface area contributed by atoms with Gasteiger partial charge in [0, 0.05) is 6.42 Å². The Morgan fingerprint density at radius 3 is 1.13 bits per heavy atom. The van der Waals surface area contributed by atoms with Crippen LogP contribution in [0.15, 0.2) is 36.5 Å². The maximum atomic E-state index is 12.9. The van der Waals surface area contributed by atoms with E-state index in [1.165, 1.54) is 225 Å². The predicted octanol–water partition coefficient (Wildman–Crippen LogP) is 18.5. The van der Waals surface area contributed by atoms with Crippen molar-refractivity contribution in [1.82, 2.24) is 5.32 Å². The Hall–Kier alpha value is -1.28. The average molecular weight is 1010 g/mol. The minimum absolute atomic E-state index is 0.0547. The number of rotatable bonds is 56. The quantitative estimate of drug-likeness (QED) is 0.0243. The van der Waals surface area contributed by atoms with Crippen molar-refractivity contribution in [3.8, 4) is 0 Å². The number of aliphatic hydroxyl groups is 1. The average Bonchev–Trinajstić information content (AvgIpc) is 3.32. The lowest BCUT2D eigenvalue weighted by Gasteiger charge is -2.25. The molecule has 414 valence electrons. The predicted molar refractivity (Wildman–Crippen MR) is 304 cm³/mol. The monoisotopic (exact) mass is 1010 g/mol. The van der Waals surface area contributed by atoms with Crippen molar-refractivity contribution in [1.29, 1.82) is 0 Å². The third-order valence-electron chi connectivity index (χ3n) is 13.8. The third-order valence-corrected chi connectivity index (χ3v) is 14.8. The van der Waals surface area contributed by atoms with Gasteiger partial charge in [0.05, 0.1) is 39.9 Å². The standard InChI is InChI=1S/C61H119N2O6P/c1-6-8-10-12-14-16-18-20-21-22-23-24-25-26-27-28-29-30-31-32-33-34-35-36-37-38-39-40-41-42-43-45-47-49-51-53-55-61(65)62-59(58-69-70(66,67)68-57-56-63(3,4)5)60(64)54-52-50-48-46-44-19-17-15-13-11-9-7-2/h13,15,44,46,52,54,59-60,64H,6-12,14,16-43,45,47-51,53,55-58H2,1-5H3,(H-,62,65,66,67)/p+1/b15-13+,46-44+,54-52+. The summed E-state index contributed by atoms with van der Waals surface area (Å²) in [5, 5.41) is 13.8. The Morgan fingerprint density at radius 1 is 0.471 bits per heavy atom. The van der Waals surface area contributed by atoms with Crippen LogP contribution in [-0.4, -0.2) is 73.4 Å². The van der Waals surface area contributed by atoms with Crippen molar-refractivity contribution in [2.24, 2.45) is 0 Å². The zero-order valence-electron chi connectivity index (χ0n) is 47.3. The van der Waals surface area contributed by atoms with Crippen molar-refractivity contribution in [3.05, 3.63) is 36.5 Å². The minimum Gasteiger partial charge on any atom is -0.387 e. The van der Waals surface area contributed by atoms with Gasteiger partial charge in [0.25, 0.3) is 0 Å². The van der Waals surface area contributed by atoms with Gasteiger partial charge in [0.1, 0.15) is 13.2 Å². The Kier molecular flexibility index (Phi) is 51.6. The fraction of sp³-hybridized carbons (Fsp3) is 0.885. The Balaban J connectivity index is 3.89. The number of unbranched alkanes of at least 4 members (excludes halogenated alkanes) is 39. The van der Waals surface area contributed by atoms with Gasteiger partial charge < -0.3 is 19.8 Å². The first-order valence-electron chi connectivity index (χ1n) is 30.4. The van der Waals surface area contributed by atoms with Gasteiger partial charge in [-0.05, 0) is 38.5 Å². The van der Waals surface area contributed by atoms with Crippen LogP contribution in [0.25, 0.3) is 0 Å². The number of amides is 1. The Bertz CT molecular complexity index is 1230. The molecular formula is C61H120N2O6P+. The van der Waals surface area contributed by atoms with Crippen molar-refractivity contribution >= 4 is 13.7 Å². The molecule has 0 rings (SSSR count). The molecule has 0 fully saturated rings. The van der Waals surface area contributed by atoms with Gasteiger partial charge in [-0.1, -0.05) is 288 Å². The molecule has 0 aromatic rings. The fourth-order valence-electron chi connectivity index (χ4n) is 9.06. The molecular weight excluding hydrogens is 888 g/mol. The summed E-state index contributed by atoms with van der Waals surface area (Å²) in [6, 6.07) is -0.866. The van der Waals surface area contributed by atoms with Gasteiger partial charge in [0.15, 0.2) is 0 Å². The summed E-state index contributed by atoms with van der Waals surface area (Å²) in [4.78, 5) is 23.2. The second-order valence-corrected chi connectivity index (χ2v) is 23.5. The van der Waals surface area contributed by atoms with Gasteiger partial charge >= 0.3 is 7.82 Å². The number of phosphoric ester groups is 1. The SMILES string of the molecule is CCCC/C=C/CC/C=C/CC/C=C/C(O)C(COP(=O)(O)OCC[N+](C)(C)C)NC(=O)CCCCCCCCCCCCCCCCCCCCCCCCCCCCCCCCCCCCCC. The van der Waals surface area contributed by atoms with E-state index in [4.69, 9.17) is 9.05 Å². The van der Waals surface area contributed by atoms with Crippen LogP contribution in [0.1, 0.15) is 296 Å². The van der Waals surface area contributed by atoms with E-state index in [1.54, 1.807) is 6.08 Å². The van der Waals surface area contributed by atoms with E-state index in [1.807, 2.05) is 27.2 Å². The molecule has 0 heterocycles. The van der Waals surface area contributed by atoms with Crippen LogP contribution in [0.4, 0.5) is 0 Å². The molecule has 3 unspecified atom stereocenters. The largest absolute Gasteiger partial charge is 0.472 e. The van der Waals surface area contributed by atoms with Crippen LogP contribution >= 0.6 is 7.82 Å². The lowest BCUT2D eigenvalue weighted by Crippen LogP contribution is -2.45. The Morgan fingerprint density at radius 2 is 0.786 bits per heavy atom. The molecule has 0 saturated carbocycles. The number of carbonyl (C=O) groups is 1. The molecule has 3 atom stereocenters. The minimum atomic E-state index is -4.35. The summed E-state index contributed by atoms with van der Waals surface area (Å²) in [5.74, 6) is -0.187. The molecule has 0 saturated heterocycles. The number of aliphatic hydroxyl groups excluding tert-OH is 1. The second kappa shape index (κ2) is 52.6. The number of phosphoric acid groups is 1. The van der Waals surface area contributed by atoms with E-state index in [9.17, 15) is 19.4 Å². The van der Waals surface area contributed by atoms with Gasteiger partial charge in [-0.3, -0.25) is 13.8 Å². The second-order valence-electron chi connectivity index (χ2n) is 22.1. The van der Waals surface area contributed by atoms with Gasteiger partial charge in [-0.2, -0.15) is 0 Å². The molecule has 70 heavy (non-hydrogen) atoms. The summed E-state index contributed by atoms with van der Waals surface area (Å²) in [6.07, 6.45) is 68.7. The maximum Gasteiger partial charge on any atom is 0.472 e. The number of allylic oxidation sites excluding steroid dienone is 5. The molecule has 0 radical (unpaired) electrons. The topological polar surface area (TPSA) is 105 Å². The van der Waals surface area contributed by atoms with E-state index in [0.29, 0.717) is 17.4 Å². The summed E-state index contributed by atoms with van der Waals surface area (Å²) < 4.78 is 23.6. The van der Waals surface area contributed by atoms with Crippen LogP contribution < -0.4 is 5.32 Å². The van der Waals surface area contributed by atoms with E-state index in [0.717, 1.165) is 51.4 Å². The number of nitrogens with one attached hydrogen (secondary N) is 1. The normalized spacial score (nSPS) is 14.1. The first-order valence-corrected chi connectivity index (χ1v) is 31.9. The first-order chi connectivity index (χ1) is 34.0. The summed E-state index contributed by atoms with van der Waals surface area (Å²) in [7, 11) is 1.55. The van der Waals surface area contributed by atoms with Crippen LogP contribution in [0, 0.1) is 0 Å². The lowest BCUT2D eigenvalue weighted by atomic mass is 10.0. The molecule has 1 amide bonds. The van der Waals surface area contributed by atoms with Crippen LogP contribution in [0.3, 0.4) is 0 Å².